The summed E-state index contributed by atoms with van der Waals surface area (Å²) in [6, 6.07) is 14.6. The number of carbonyl (C=O) groups is 1. The van der Waals surface area contributed by atoms with Gasteiger partial charge in [0.05, 0.1) is 22.8 Å². The molecule has 7 heteroatoms. The van der Waals surface area contributed by atoms with Gasteiger partial charge in [0.15, 0.2) is 10.9 Å². The Kier molecular flexibility index (Phi) is 7.64. The van der Waals surface area contributed by atoms with Crippen LogP contribution < -0.4 is 5.56 Å². The van der Waals surface area contributed by atoms with Gasteiger partial charge in [-0.15, -0.1) is 0 Å². The summed E-state index contributed by atoms with van der Waals surface area (Å²) in [5.74, 6) is 0.217. The first-order chi connectivity index (χ1) is 14.0. The van der Waals surface area contributed by atoms with Crippen molar-refractivity contribution in [1.29, 1.82) is 0 Å². The largest absolute Gasteiger partial charge is 0.379 e. The standard InChI is InChI=1S/C22H23BrN2O3S/c1-15(2)28-13-5-12-25-21(27)18-6-3-4-7-19(18)24-22(25)29-14-20(26)16-8-10-17(23)11-9-16/h3-4,6-11,15H,5,12-14H2,1-2H3. The van der Waals surface area contributed by atoms with E-state index in [0.29, 0.717) is 41.2 Å². The van der Waals surface area contributed by atoms with Crippen LogP contribution in [0.4, 0.5) is 0 Å². The highest BCUT2D eigenvalue weighted by Gasteiger charge is 2.14. The van der Waals surface area contributed by atoms with Gasteiger partial charge in [0, 0.05) is 23.2 Å². The van der Waals surface area contributed by atoms with Gasteiger partial charge >= 0.3 is 0 Å². The summed E-state index contributed by atoms with van der Waals surface area (Å²) in [6.45, 7) is 5.04. The van der Waals surface area contributed by atoms with Crippen molar-refractivity contribution in [1.82, 2.24) is 9.55 Å². The van der Waals surface area contributed by atoms with Crippen molar-refractivity contribution in [3.8, 4) is 0 Å². The zero-order valence-electron chi connectivity index (χ0n) is 16.4. The molecule has 2 aromatic carbocycles. The Bertz CT molecular complexity index is 1050. The highest BCUT2D eigenvalue weighted by atomic mass is 79.9. The summed E-state index contributed by atoms with van der Waals surface area (Å²) in [5, 5.41) is 1.14. The lowest BCUT2D eigenvalue weighted by atomic mass is 10.2. The SMILES string of the molecule is CC(C)OCCCn1c(SCC(=O)c2ccc(Br)cc2)nc2ccccc2c1=O. The van der Waals surface area contributed by atoms with E-state index in [1.165, 1.54) is 11.8 Å². The maximum Gasteiger partial charge on any atom is 0.262 e. The predicted molar refractivity (Wildman–Crippen MR) is 121 cm³/mol. The number of carbonyl (C=O) groups excluding carboxylic acids is 1. The number of aromatic nitrogens is 2. The van der Waals surface area contributed by atoms with Crippen molar-refractivity contribution in [2.45, 2.75) is 38.1 Å². The van der Waals surface area contributed by atoms with E-state index in [0.717, 1.165) is 4.47 Å². The first-order valence-corrected chi connectivity index (χ1v) is 11.3. The van der Waals surface area contributed by atoms with Crippen molar-refractivity contribution in [2.75, 3.05) is 12.4 Å². The molecule has 0 aliphatic carbocycles. The van der Waals surface area contributed by atoms with Gasteiger partial charge < -0.3 is 4.74 Å². The van der Waals surface area contributed by atoms with Gasteiger partial charge in [0.25, 0.3) is 5.56 Å². The van der Waals surface area contributed by atoms with Gasteiger partial charge in [-0.2, -0.15) is 0 Å². The second-order valence-corrected chi connectivity index (χ2v) is 8.72. The molecule has 5 nitrogen and oxygen atoms in total. The fraction of sp³-hybridized carbons (Fsp3) is 0.318. The molecule has 0 radical (unpaired) electrons. The summed E-state index contributed by atoms with van der Waals surface area (Å²) < 4.78 is 8.18. The minimum Gasteiger partial charge on any atom is -0.379 e. The van der Waals surface area contributed by atoms with Crippen LogP contribution in [0.1, 0.15) is 30.6 Å². The van der Waals surface area contributed by atoms with Crippen LogP contribution in [0.25, 0.3) is 10.9 Å². The topological polar surface area (TPSA) is 61.2 Å². The third-order valence-electron chi connectivity index (χ3n) is 4.30. The average Bonchev–Trinajstić information content (AvgIpc) is 2.71. The number of fused-ring (bicyclic) bond motifs is 1. The Labute approximate surface area is 182 Å². The first-order valence-electron chi connectivity index (χ1n) is 9.48. The Balaban J connectivity index is 1.82. The first kappa shape index (κ1) is 21.7. The second-order valence-electron chi connectivity index (χ2n) is 6.86. The highest BCUT2D eigenvalue weighted by molar-refractivity contribution is 9.10. The van der Waals surface area contributed by atoms with Crippen LogP contribution in [0.2, 0.25) is 0 Å². The van der Waals surface area contributed by atoms with E-state index in [1.807, 2.05) is 44.2 Å². The maximum atomic E-state index is 13.0. The smallest absolute Gasteiger partial charge is 0.262 e. The minimum absolute atomic E-state index is 0.000372. The van der Waals surface area contributed by atoms with Gasteiger partial charge in [-0.25, -0.2) is 4.98 Å². The van der Waals surface area contributed by atoms with E-state index >= 15 is 0 Å². The molecule has 152 valence electrons. The van der Waals surface area contributed by atoms with E-state index in [1.54, 1.807) is 22.8 Å². The normalized spacial score (nSPS) is 11.3. The van der Waals surface area contributed by atoms with Gasteiger partial charge in [-0.3, -0.25) is 14.2 Å². The predicted octanol–water partition coefficient (Wildman–Crippen LogP) is 4.95. The van der Waals surface area contributed by atoms with Gasteiger partial charge in [0.1, 0.15) is 0 Å². The van der Waals surface area contributed by atoms with Crippen LogP contribution in [-0.2, 0) is 11.3 Å². The lowest BCUT2D eigenvalue weighted by Crippen LogP contribution is -2.24. The monoisotopic (exact) mass is 474 g/mol. The molecular formula is C22H23BrN2O3S. The van der Waals surface area contributed by atoms with Crippen LogP contribution in [-0.4, -0.2) is 33.8 Å². The third kappa shape index (κ3) is 5.78. The molecule has 29 heavy (non-hydrogen) atoms. The number of ether oxygens (including phenoxy) is 1. The fourth-order valence-corrected chi connectivity index (χ4v) is 4.03. The lowest BCUT2D eigenvalue weighted by Gasteiger charge is -2.14. The van der Waals surface area contributed by atoms with Crippen LogP contribution in [0.3, 0.4) is 0 Å². The van der Waals surface area contributed by atoms with Gasteiger partial charge in [-0.1, -0.05) is 52.0 Å². The Morgan fingerprint density at radius 1 is 1.17 bits per heavy atom. The number of halogens is 1. The average molecular weight is 475 g/mol. The Morgan fingerprint density at radius 3 is 2.62 bits per heavy atom. The molecule has 0 saturated carbocycles. The zero-order valence-corrected chi connectivity index (χ0v) is 18.8. The van der Waals surface area contributed by atoms with Crippen molar-refractivity contribution in [3.63, 3.8) is 0 Å². The molecular weight excluding hydrogens is 452 g/mol. The van der Waals surface area contributed by atoms with E-state index in [4.69, 9.17) is 4.74 Å². The third-order valence-corrected chi connectivity index (χ3v) is 5.81. The maximum absolute atomic E-state index is 13.0. The molecule has 3 aromatic rings. The number of thioether (sulfide) groups is 1. The molecule has 0 fully saturated rings. The number of para-hydroxylation sites is 1. The molecule has 0 unspecified atom stereocenters. The molecule has 1 heterocycles. The van der Waals surface area contributed by atoms with Gasteiger partial charge in [0.2, 0.25) is 0 Å². The van der Waals surface area contributed by atoms with Crippen molar-refractivity contribution >= 4 is 44.4 Å². The number of Topliss-reactive ketones (excluding diaryl/α,β-unsaturated/α-hetero) is 1. The van der Waals surface area contributed by atoms with Crippen LogP contribution in [0, 0.1) is 0 Å². The van der Waals surface area contributed by atoms with Crippen molar-refractivity contribution in [2.24, 2.45) is 0 Å². The van der Waals surface area contributed by atoms with E-state index in [2.05, 4.69) is 20.9 Å². The second kappa shape index (κ2) is 10.2. The quantitative estimate of drug-likeness (QED) is 0.190. The van der Waals surface area contributed by atoms with Crippen LogP contribution in [0.15, 0.2) is 63.0 Å². The summed E-state index contributed by atoms with van der Waals surface area (Å²) in [6.07, 6.45) is 0.852. The number of rotatable bonds is 9. The molecule has 0 N–H and O–H groups in total. The van der Waals surface area contributed by atoms with Crippen molar-refractivity contribution < 1.29 is 9.53 Å². The number of ketones is 1. The molecule has 0 amide bonds. The number of nitrogens with zero attached hydrogens (tertiary/aromatic N) is 2. The van der Waals surface area contributed by atoms with Crippen molar-refractivity contribution in [3.05, 3.63) is 68.9 Å². The summed E-state index contributed by atoms with van der Waals surface area (Å²) in [4.78, 5) is 30.2. The highest BCUT2D eigenvalue weighted by Crippen LogP contribution is 2.20. The van der Waals surface area contributed by atoms with E-state index < -0.39 is 0 Å². The number of hydrogen-bond donors (Lipinski definition) is 0. The fourth-order valence-electron chi connectivity index (χ4n) is 2.85. The summed E-state index contributed by atoms with van der Waals surface area (Å²) >= 11 is 4.67. The molecule has 0 saturated heterocycles. The van der Waals surface area contributed by atoms with E-state index in [9.17, 15) is 9.59 Å². The molecule has 0 aliphatic heterocycles. The Hall–Kier alpha value is -1.96. The van der Waals surface area contributed by atoms with Crippen LogP contribution in [0.5, 0.6) is 0 Å². The van der Waals surface area contributed by atoms with E-state index in [-0.39, 0.29) is 23.2 Å². The lowest BCUT2D eigenvalue weighted by molar-refractivity contribution is 0.0743. The number of hydrogen-bond acceptors (Lipinski definition) is 5. The minimum atomic E-state index is -0.0845. The molecule has 0 spiro atoms. The number of benzene rings is 2. The molecule has 0 aliphatic rings. The summed E-state index contributed by atoms with van der Waals surface area (Å²) in [7, 11) is 0. The molecule has 0 bridgehead atoms. The molecule has 1 aromatic heterocycles. The van der Waals surface area contributed by atoms with Crippen LogP contribution >= 0.6 is 27.7 Å². The Morgan fingerprint density at radius 2 is 1.90 bits per heavy atom. The molecule has 3 rings (SSSR count). The summed E-state index contributed by atoms with van der Waals surface area (Å²) in [5.41, 5.74) is 1.20. The molecule has 0 atom stereocenters. The van der Waals surface area contributed by atoms with Gasteiger partial charge in [-0.05, 0) is 44.5 Å². The zero-order chi connectivity index (χ0) is 20.8.